The van der Waals surface area contributed by atoms with Gasteiger partial charge in [0.15, 0.2) is 11.5 Å². The Morgan fingerprint density at radius 2 is 1.53 bits per heavy atom. The fraction of sp³-hybridized carbons (Fsp3) is 0.273. The third-order valence-electron chi connectivity index (χ3n) is 2.23. The van der Waals surface area contributed by atoms with Gasteiger partial charge < -0.3 is 19.9 Å². The molecule has 8 nitrogen and oxygen atoms in total. The topological polar surface area (TPSA) is 112 Å². The molecule has 0 unspecified atom stereocenters. The third-order valence-corrected chi connectivity index (χ3v) is 2.23. The van der Waals surface area contributed by atoms with Crippen molar-refractivity contribution >= 4 is 11.9 Å². The molecule has 0 aliphatic heterocycles. The first-order valence-electron chi connectivity index (χ1n) is 5.19. The maximum atomic E-state index is 11.8. The number of hydrazine groups is 1. The molecule has 1 aromatic rings. The number of ether oxygens (including phenoxy) is 3. The molecule has 1 rings (SSSR count). The van der Waals surface area contributed by atoms with Gasteiger partial charge in [-0.25, -0.2) is 10.2 Å². The zero-order valence-corrected chi connectivity index (χ0v) is 10.8. The Morgan fingerprint density at radius 3 is 1.89 bits per heavy atom. The van der Waals surface area contributed by atoms with Crippen LogP contribution in [0.5, 0.6) is 17.2 Å². The molecule has 3 amide bonds. The molecule has 19 heavy (non-hydrogen) atoms. The number of rotatable bonds is 4. The van der Waals surface area contributed by atoms with Gasteiger partial charge in [0.05, 0.1) is 21.3 Å². The summed E-state index contributed by atoms with van der Waals surface area (Å²) in [4.78, 5) is 22.3. The van der Waals surface area contributed by atoms with E-state index in [-0.39, 0.29) is 5.56 Å². The van der Waals surface area contributed by atoms with E-state index in [0.717, 1.165) is 0 Å². The highest BCUT2D eigenvalue weighted by Crippen LogP contribution is 2.38. The van der Waals surface area contributed by atoms with E-state index in [1.54, 1.807) is 0 Å². The van der Waals surface area contributed by atoms with Gasteiger partial charge in [-0.3, -0.25) is 10.2 Å². The Bertz CT molecular complexity index is 464. The van der Waals surface area contributed by atoms with Crippen LogP contribution in [0.25, 0.3) is 0 Å². The zero-order chi connectivity index (χ0) is 14.4. The second kappa shape index (κ2) is 6.34. The van der Waals surface area contributed by atoms with Crippen LogP contribution in [0.2, 0.25) is 0 Å². The van der Waals surface area contributed by atoms with Gasteiger partial charge in [-0.05, 0) is 12.1 Å². The molecule has 0 fully saturated rings. The predicted octanol–water partition coefficient (Wildman–Crippen LogP) is 0.0255. The number of hydrogen-bond acceptors (Lipinski definition) is 5. The third kappa shape index (κ3) is 3.41. The van der Waals surface area contributed by atoms with Crippen molar-refractivity contribution in [1.29, 1.82) is 0 Å². The number of nitrogens with one attached hydrogen (secondary N) is 2. The minimum Gasteiger partial charge on any atom is -0.493 e. The number of benzene rings is 1. The molecule has 0 aliphatic carbocycles. The largest absolute Gasteiger partial charge is 0.493 e. The van der Waals surface area contributed by atoms with Crippen LogP contribution in [0.4, 0.5) is 4.79 Å². The molecular weight excluding hydrogens is 254 g/mol. The van der Waals surface area contributed by atoms with E-state index in [4.69, 9.17) is 19.9 Å². The van der Waals surface area contributed by atoms with Crippen LogP contribution in [0, 0.1) is 0 Å². The lowest BCUT2D eigenvalue weighted by Gasteiger charge is -2.14. The van der Waals surface area contributed by atoms with Crippen LogP contribution in [-0.2, 0) is 0 Å². The molecule has 0 bridgehead atoms. The number of carbonyl (C=O) groups excluding carboxylic acids is 2. The van der Waals surface area contributed by atoms with Gasteiger partial charge in [-0.15, -0.1) is 0 Å². The number of methoxy groups -OCH3 is 3. The van der Waals surface area contributed by atoms with E-state index in [1.165, 1.54) is 33.5 Å². The minimum absolute atomic E-state index is 0.211. The fourth-order valence-corrected chi connectivity index (χ4v) is 1.40. The van der Waals surface area contributed by atoms with Gasteiger partial charge in [0.1, 0.15) is 0 Å². The average molecular weight is 269 g/mol. The van der Waals surface area contributed by atoms with Gasteiger partial charge >= 0.3 is 6.03 Å². The quantitative estimate of drug-likeness (QED) is 0.667. The molecule has 0 saturated carbocycles. The van der Waals surface area contributed by atoms with Crippen LogP contribution >= 0.6 is 0 Å². The lowest BCUT2D eigenvalue weighted by atomic mass is 10.1. The van der Waals surface area contributed by atoms with Crippen LogP contribution in [0.15, 0.2) is 12.1 Å². The van der Waals surface area contributed by atoms with Gasteiger partial charge in [-0.1, -0.05) is 0 Å². The summed E-state index contributed by atoms with van der Waals surface area (Å²) in [6, 6.07) is 2.01. The maximum Gasteiger partial charge on any atom is 0.330 e. The molecular formula is C11H15N3O5. The summed E-state index contributed by atoms with van der Waals surface area (Å²) >= 11 is 0. The highest BCUT2D eigenvalue weighted by Gasteiger charge is 2.16. The predicted molar refractivity (Wildman–Crippen MR) is 66.3 cm³/mol. The molecule has 0 aliphatic rings. The van der Waals surface area contributed by atoms with Gasteiger partial charge in [-0.2, -0.15) is 0 Å². The van der Waals surface area contributed by atoms with Crippen molar-refractivity contribution < 1.29 is 23.8 Å². The Kier molecular flexibility index (Phi) is 4.81. The minimum atomic E-state index is -0.874. The summed E-state index contributed by atoms with van der Waals surface area (Å²) in [6.07, 6.45) is 0. The summed E-state index contributed by atoms with van der Waals surface area (Å²) in [7, 11) is 4.32. The highest BCUT2D eigenvalue weighted by molar-refractivity contribution is 5.96. The van der Waals surface area contributed by atoms with Crippen molar-refractivity contribution in [1.82, 2.24) is 10.9 Å². The Labute approximate surface area is 109 Å². The van der Waals surface area contributed by atoms with Crippen molar-refractivity contribution in [2.45, 2.75) is 0 Å². The standard InChI is InChI=1S/C11H15N3O5/c1-17-7-4-6(10(15)13-14-11(12)16)5-8(18-2)9(7)19-3/h4-5H,1-3H3,(H,13,15)(H3,12,14,16). The van der Waals surface area contributed by atoms with Crippen molar-refractivity contribution in [3.63, 3.8) is 0 Å². The van der Waals surface area contributed by atoms with Crippen LogP contribution < -0.4 is 30.8 Å². The number of primary amides is 1. The van der Waals surface area contributed by atoms with Crippen molar-refractivity contribution in [3.8, 4) is 17.2 Å². The van der Waals surface area contributed by atoms with Crippen LogP contribution in [-0.4, -0.2) is 33.3 Å². The number of nitrogens with two attached hydrogens (primary N) is 1. The Hall–Kier alpha value is -2.64. The fourth-order valence-electron chi connectivity index (χ4n) is 1.40. The number of carbonyl (C=O) groups is 2. The van der Waals surface area contributed by atoms with E-state index >= 15 is 0 Å². The summed E-state index contributed by atoms with van der Waals surface area (Å²) in [5.41, 5.74) is 9.15. The lowest BCUT2D eigenvalue weighted by Crippen LogP contribution is -2.44. The Morgan fingerprint density at radius 1 is 1.00 bits per heavy atom. The van der Waals surface area contributed by atoms with Gasteiger partial charge in [0, 0.05) is 5.56 Å². The first kappa shape index (κ1) is 14.4. The monoisotopic (exact) mass is 269 g/mol. The molecule has 1 aromatic carbocycles. The zero-order valence-electron chi connectivity index (χ0n) is 10.8. The molecule has 4 N–H and O–H groups in total. The first-order chi connectivity index (χ1) is 9.03. The summed E-state index contributed by atoms with van der Waals surface area (Å²) in [5, 5.41) is 0. The SMILES string of the molecule is COc1cc(C(=O)NNC(N)=O)cc(OC)c1OC. The molecule has 0 heterocycles. The van der Waals surface area contributed by atoms with E-state index in [0.29, 0.717) is 17.2 Å². The van der Waals surface area contributed by atoms with E-state index in [1.807, 2.05) is 5.43 Å². The molecule has 0 aromatic heterocycles. The highest BCUT2D eigenvalue weighted by atomic mass is 16.5. The van der Waals surface area contributed by atoms with E-state index < -0.39 is 11.9 Å². The second-order valence-electron chi connectivity index (χ2n) is 3.36. The molecule has 0 saturated heterocycles. The smallest absolute Gasteiger partial charge is 0.330 e. The van der Waals surface area contributed by atoms with Gasteiger partial charge in [0.25, 0.3) is 5.91 Å². The van der Waals surface area contributed by atoms with Crippen molar-refractivity contribution in [2.75, 3.05) is 21.3 Å². The summed E-state index contributed by atoms with van der Waals surface area (Å²) < 4.78 is 15.3. The number of amides is 3. The molecule has 0 radical (unpaired) electrons. The lowest BCUT2D eigenvalue weighted by molar-refractivity contribution is 0.0936. The second-order valence-corrected chi connectivity index (χ2v) is 3.36. The van der Waals surface area contributed by atoms with E-state index in [2.05, 4.69) is 5.43 Å². The molecule has 104 valence electrons. The Balaban J connectivity index is 3.08. The number of hydrogen-bond donors (Lipinski definition) is 3. The molecule has 0 atom stereocenters. The maximum absolute atomic E-state index is 11.8. The van der Waals surface area contributed by atoms with Crippen molar-refractivity contribution in [3.05, 3.63) is 17.7 Å². The normalized spacial score (nSPS) is 9.42. The van der Waals surface area contributed by atoms with Crippen molar-refractivity contribution in [2.24, 2.45) is 5.73 Å². The molecule has 0 spiro atoms. The van der Waals surface area contributed by atoms with Crippen LogP contribution in [0.1, 0.15) is 10.4 Å². The van der Waals surface area contributed by atoms with E-state index in [9.17, 15) is 9.59 Å². The van der Waals surface area contributed by atoms with Crippen LogP contribution in [0.3, 0.4) is 0 Å². The summed E-state index contributed by atoms with van der Waals surface area (Å²) in [6.45, 7) is 0. The first-order valence-corrected chi connectivity index (χ1v) is 5.19. The van der Waals surface area contributed by atoms with Gasteiger partial charge in [0.2, 0.25) is 5.75 Å². The average Bonchev–Trinajstić information content (AvgIpc) is 2.42. The summed E-state index contributed by atoms with van der Waals surface area (Å²) in [5.74, 6) is 0.444. The molecule has 8 heteroatoms. The number of urea groups is 1.